The molecule has 8 heteroatoms. The van der Waals surface area contributed by atoms with Gasteiger partial charge < -0.3 is 20.2 Å². The Morgan fingerprint density at radius 1 is 1.21 bits per heavy atom. The molecule has 0 saturated carbocycles. The molecule has 0 spiro atoms. The smallest absolute Gasteiger partial charge is 0.322 e. The van der Waals surface area contributed by atoms with Gasteiger partial charge in [-0.05, 0) is 30.3 Å². The maximum atomic E-state index is 12.3. The lowest BCUT2D eigenvalue weighted by molar-refractivity contribution is -0.137. The van der Waals surface area contributed by atoms with Crippen molar-refractivity contribution in [1.82, 2.24) is 10.6 Å². The topological polar surface area (TPSA) is 109 Å². The van der Waals surface area contributed by atoms with E-state index >= 15 is 0 Å². The van der Waals surface area contributed by atoms with E-state index in [-0.39, 0.29) is 5.70 Å². The Labute approximate surface area is 145 Å². The summed E-state index contributed by atoms with van der Waals surface area (Å²) < 4.78 is 5.82. The average Bonchev–Trinajstić information content (AvgIpc) is 3.05. The number of nitrogens with one attached hydrogen (secondary N) is 2. The average molecular weight is 393 g/mol. The number of rotatable bonds is 6. The number of carboxylic acid groups (broad SMARTS) is 1. The maximum Gasteiger partial charge on any atom is 0.322 e. The van der Waals surface area contributed by atoms with Crippen LogP contribution in [-0.2, 0) is 9.59 Å². The molecular weight excluding hydrogens is 380 g/mol. The Bertz CT molecular complexity index is 784. The molecule has 1 aromatic carbocycles. The molecule has 124 valence electrons. The van der Waals surface area contributed by atoms with Crippen LogP contribution in [0.15, 0.2) is 57.2 Å². The van der Waals surface area contributed by atoms with E-state index < -0.39 is 24.3 Å². The van der Waals surface area contributed by atoms with Crippen molar-refractivity contribution in [3.8, 4) is 0 Å². The Balaban J connectivity index is 2.21. The van der Waals surface area contributed by atoms with Crippen molar-refractivity contribution in [3.63, 3.8) is 0 Å². The molecule has 0 unspecified atom stereocenters. The molecule has 1 heterocycles. The summed E-state index contributed by atoms with van der Waals surface area (Å²) in [7, 11) is 0. The number of carbonyl (C=O) groups excluding carboxylic acids is 2. The first-order valence-electron chi connectivity index (χ1n) is 6.78. The van der Waals surface area contributed by atoms with Gasteiger partial charge in [0, 0.05) is 16.1 Å². The van der Waals surface area contributed by atoms with E-state index in [4.69, 9.17) is 9.52 Å². The van der Waals surface area contributed by atoms with Gasteiger partial charge in [0.15, 0.2) is 0 Å². The van der Waals surface area contributed by atoms with Crippen LogP contribution >= 0.6 is 15.9 Å². The van der Waals surface area contributed by atoms with Gasteiger partial charge in [-0.25, -0.2) is 0 Å². The summed E-state index contributed by atoms with van der Waals surface area (Å²) >= 11 is 3.26. The molecular formula is C16H13BrN2O5. The fraction of sp³-hybridized carbons (Fsp3) is 0.0625. The minimum Gasteiger partial charge on any atom is -0.480 e. The SMILES string of the molecule is O=C(O)CNC(=O)C(=Cc1ccco1)NC(=O)c1cccc(Br)c1. The van der Waals surface area contributed by atoms with E-state index in [0.717, 1.165) is 0 Å². The Kier molecular flexibility index (Phi) is 5.91. The van der Waals surface area contributed by atoms with Crippen LogP contribution in [-0.4, -0.2) is 29.4 Å². The molecule has 2 amide bonds. The minimum atomic E-state index is -1.20. The second-order valence-corrected chi connectivity index (χ2v) is 5.53. The second kappa shape index (κ2) is 8.11. The van der Waals surface area contributed by atoms with Crippen LogP contribution in [0.5, 0.6) is 0 Å². The van der Waals surface area contributed by atoms with Gasteiger partial charge in [0.05, 0.1) is 6.26 Å². The molecule has 0 aliphatic carbocycles. The van der Waals surface area contributed by atoms with Crippen LogP contribution in [0.1, 0.15) is 16.1 Å². The standard InChI is InChI=1S/C16H13BrN2O5/c17-11-4-1-3-10(7-11)15(22)19-13(8-12-5-2-6-24-12)16(23)18-9-14(20)21/h1-8H,9H2,(H,18,23)(H,19,22)(H,20,21). The van der Waals surface area contributed by atoms with E-state index in [9.17, 15) is 14.4 Å². The summed E-state index contributed by atoms with van der Waals surface area (Å²) in [5.74, 6) is -2.11. The Morgan fingerprint density at radius 3 is 2.62 bits per heavy atom. The zero-order valence-electron chi connectivity index (χ0n) is 12.3. The molecule has 0 aliphatic rings. The third kappa shape index (κ3) is 5.10. The first kappa shape index (κ1) is 17.5. The van der Waals surface area contributed by atoms with Crippen LogP contribution in [0.2, 0.25) is 0 Å². The van der Waals surface area contributed by atoms with Gasteiger partial charge in [-0.2, -0.15) is 0 Å². The van der Waals surface area contributed by atoms with Gasteiger partial charge in [0.2, 0.25) is 0 Å². The lowest BCUT2D eigenvalue weighted by Gasteiger charge is -2.10. The number of halogens is 1. The van der Waals surface area contributed by atoms with Gasteiger partial charge in [-0.1, -0.05) is 22.0 Å². The molecule has 2 aromatic rings. The number of carboxylic acids is 1. The number of hydrogen-bond acceptors (Lipinski definition) is 4. The van der Waals surface area contributed by atoms with Crippen LogP contribution in [0, 0.1) is 0 Å². The molecule has 0 radical (unpaired) electrons. The number of furan rings is 1. The first-order valence-corrected chi connectivity index (χ1v) is 7.57. The van der Waals surface area contributed by atoms with Crippen molar-refractivity contribution in [2.24, 2.45) is 0 Å². The summed E-state index contributed by atoms with van der Waals surface area (Å²) in [4.78, 5) is 35.0. The van der Waals surface area contributed by atoms with Crippen molar-refractivity contribution in [1.29, 1.82) is 0 Å². The largest absolute Gasteiger partial charge is 0.480 e. The first-order chi connectivity index (χ1) is 11.5. The van der Waals surface area contributed by atoms with Gasteiger partial charge in [-0.15, -0.1) is 0 Å². The quantitative estimate of drug-likeness (QED) is 0.651. The summed E-state index contributed by atoms with van der Waals surface area (Å²) in [5.41, 5.74) is 0.205. The second-order valence-electron chi connectivity index (χ2n) is 4.61. The van der Waals surface area contributed by atoms with Gasteiger partial charge >= 0.3 is 5.97 Å². The lowest BCUT2D eigenvalue weighted by Crippen LogP contribution is -2.37. The molecule has 7 nitrogen and oxygen atoms in total. The molecule has 0 bridgehead atoms. The normalized spacial score (nSPS) is 11.0. The molecule has 2 rings (SSSR count). The zero-order chi connectivity index (χ0) is 17.5. The third-order valence-electron chi connectivity index (χ3n) is 2.81. The third-order valence-corrected chi connectivity index (χ3v) is 3.30. The zero-order valence-corrected chi connectivity index (χ0v) is 13.9. The summed E-state index contributed by atoms with van der Waals surface area (Å²) in [6.45, 7) is -0.568. The van der Waals surface area contributed by atoms with Crippen molar-refractivity contribution in [2.45, 2.75) is 0 Å². The monoisotopic (exact) mass is 392 g/mol. The van der Waals surface area contributed by atoms with Crippen molar-refractivity contribution in [3.05, 3.63) is 64.2 Å². The van der Waals surface area contributed by atoms with Crippen molar-refractivity contribution < 1.29 is 23.9 Å². The number of carbonyl (C=O) groups is 3. The van der Waals surface area contributed by atoms with E-state index in [1.165, 1.54) is 12.3 Å². The number of aliphatic carboxylic acids is 1. The summed E-state index contributed by atoms with van der Waals surface area (Å²) in [6, 6.07) is 9.83. The highest BCUT2D eigenvalue weighted by Gasteiger charge is 2.16. The summed E-state index contributed by atoms with van der Waals surface area (Å²) in [6.07, 6.45) is 2.72. The molecule has 24 heavy (non-hydrogen) atoms. The summed E-state index contributed by atoms with van der Waals surface area (Å²) in [5, 5.41) is 13.3. The predicted octanol–water partition coefficient (Wildman–Crippen LogP) is 2.01. The Morgan fingerprint density at radius 2 is 2.00 bits per heavy atom. The molecule has 1 aromatic heterocycles. The van der Waals surface area contributed by atoms with E-state index in [2.05, 4.69) is 26.6 Å². The van der Waals surface area contributed by atoms with Crippen LogP contribution < -0.4 is 10.6 Å². The van der Waals surface area contributed by atoms with Crippen molar-refractivity contribution >= 4 is 39.8 Å². The fourth-order valence-corrected chi connectivity index (χ4v) is 2.15. The molecule has 0 aliphatic heterocycles. The van der Waals surface area contributed by atoms with E-state index in [1.54, 1.807) is 36.4 Å². The van der Waals surface area contributed by atoms with Gasteiger partial charge in [0.1, 0.15) is 18.0 Å². The number of benzene rings is 1. The van der Waals surface area contributed by atoms with Crippen LogP contribution in [0.4, 0.5) is 0 Å². The number of amides is 2. The molecule has 0 atom stereocenters. The maximum absolute atomic E-state index is 12.3. The lowest BCUT2D eigenvalue weighted by atomic mass is 10.2. The predicted molar refractivity (Wildman–Crippen MR) is 88.9 cm³/mol. The minimum absolute atomic E-state index is 0.129. The van der Waals surface area contributed by atoms with Gasteiger partial charge in [0.25, 0.3) is 11.8 Å². The Hall–Kier alpha value is -2.87. The molecule has 0 fully saturated rings. The van der Waals surface area contributed by atoms with Crippen LogP contribution in [0.3, 0.4) is 0 Å². The number of hydrogen-bond donors (Lipinski definition) is 3. The highest BCUT2D eigenvalue weighted by atomic mass is 79.9. The van der Waals surface area contributed by atoms with Crippen LogP contribution in [0.25, 0.3) is 6.08 Å². The molecule has 0 saturated heterocycles. The fourth-order valence-electron chi connectivity index (χ4n) is 1.75. The highest BCUT2D eigenvalue weighted by molar-refractivity contribution is 9.10. The van der Waals surface area contributed by atoms with Gasteiger partial charge in [-0.3, -0.25) is 14.4 Å². The molecule has 3 N–H and O–H groups in total. The van der Waals surface area contributed by atoms with Crippen molar-refractivity contribution in [2.75, 3.05) is 6.54 Å². The highest BCUT2D eigenvalue weighted by Crippen LogP contribution is 2.12. The van der Waals surface area contributed by atoms with E-state index in [0.29, 0.717) is 15.8 Å². The van der Waals surface area contributed by atoms with E-state index in [1.807, 2.05) is 0 Å².